The zero-order chi connectivity index (χ0) is 14.1. The number of aromatic nitrogens is 3. The first kappa shape index (κ1) is 12.5. The Morgan fingerprint density at radius 2 is 1.85 bits per heavy atom. The molecule has 3 rings (SSSR count). The van der Waals surface area contributed by atoms with Crippen LogP contribution >= 0.6 is 0 Å². The van der Waals surface area contributed by atoms with Crippen LogP contribution in [0.3, 0.4) is 0 Å². The maximum Gasteiger partial charge on any atom is 0.143 e. The molecule has 0 aliphatic rings. The third-order valence-corrected chi connectivity index (χ3v) is 2.94. The monoisotopic (exact) mass is 274 g/mol. The van der Waals surface area contributed by atoms with Crippen LogP contribution in [0.1, 0.15) is 11.3 Å². The number of halogens is 2. The number of rotatable bonds is 3. The SMILES string of the molecule is Cc1cc2c(NCc3cc(F)cc(F)c3)ncnc2[nH]1. The number of benzene rings is 1. The third-order valence-electron chi connectivity index (χ3n) is 2.94. The van der Waals surface area contributed by atoms with E-state index >= 15 is 0 Å². The fourth-order valence-electron chi connectivity index (χ4n) is 2.11. The van der Waals surface area contributed by atoms with Crippen molar-refractivity contribution in [2.24, 2.45) is 0 Å². The van der Waals surface area contributed by atoms with Crippen LogP contribution < -0.4 is 5.32 Å². The molecule has 2 aromatic heterocycles. The summed E-state index contributed by atoms with van der Waals surface area (Å²) in [5.74, 6) is -0.553. The maximum absolute atomic E-state index is 13.1. The molecule has 0 radical (unpaired) electrons. The van der Waals surface area contributed by atoms with Gasteiger partial charge in [0, 0.05) is 18.3 Å². The fourth-order valence-corrected chi connectivity index (χ4v) is 2.11. The molecule has 0 fully saturated rings. The number of aromatic amines is 1. The topological polar surface area (TPSA) is 53.6 Å². The molecule has 4 nitrogen and oxygen atoms in total. The van der Waals surface area contributed by atoms with Crippen molar-refractivity contribution in [3.05, 3.63) is 53.5 Å². The number of nitrogens with zero attached hydrogens (tertiary/aromatic N) is 2. The highest BCUT2D eigenvalue weighted by Crippen LogP contribution is 2.20. The van der Waals surface area contributed by atoms with Gasteiger partial charge in [0.2, 0.25) is 0 Å². The number of H-pyrrole nitrogens is 1. The van der Waals surface area contributed by atoms with Gasteiger partial charge >= 0.3 is 0 Å². The van der Waals surface area contributed by atoms with E-state index in [-0.39, 0.29) is 6.54 Å². The average Bonchev–Trinajstić information content (AvgIpc) is 2.76. The van der Waals surface area contributed by atoms with Gasteiger partial charge in [-0.15, -0.1) is 0 Å². The highest BCUT2D eigenvalue weighted by atomic mass is 19.1. The van der Waals surface area contributed by atoms with E-state index in [9.17, 15) is 8.78 Å². The molecule has 0 aliphatic heterocycles. The molecule has 1 aromatic carbocycles. The van der Waals surface area contributed by atoms with Gasteiger partial charge in [0.05, 0.1) is 5.39 Å². The quantitative estimate of drug-likeness (QED) is 0.771. The molecule has 0 bridgehead atoms. The molecule has 102 valence electrons. The minimum absolute atomic E-state index is 0.283. The largest absolute Gasteiger partial charge is 0.365 e. The summed E-state index contributed by atoms with van der Waals surface area (Å²) < 4.78 is 26.2. The number of hydrogen-bond donors (Lipinski definition) is 2. The number of fused-ring (bicyclic) bond motifs is 1. The van der Waals surface area contributed by atoms with Crippen LogP contribution in [0, 0.1) is 18.6 Å². The van der Waals surface area contributed by atoms with E-state index in [0.717, 1.165) is 22.8 Å². The lowest BCUT2D eigenvalue weighted by Crippen LogP contribution is -2.03. The second kappa shape index (κ2) is 4.88. The Hall–Kier alpha value is -2.50. The standard InChI is InChI=1S/C14H12F2N4/c1-8-2-12-13(18-7-19-14(12)20-8)17-6-9-3-10(15)5-11(16)4-9/h2-5,7H,6H2,1H3,(H2,17,18,19,20). The first-order valence-electron chi connectivity index (χ1n) is 6.11. The van der Waals surface area contributed by atoms with Gasteiger partial charge in [0.15, 0.2) is 0 Å². The smallest absolute Gasteiger partial charge is 0.143 e. The molecular formula is C14H12F2N4. The highest BCUT2D eigenvalue weighted by Gasteiger charge is 2.07. The molecule has 0 unspecified atom stereocenters. The van der Waals surface area contributed by atoms with Crippen LogP contribution in [0.15, 0.2) is 30.6 Å². The molecule has 0 atom stereocenters. The van der Waals surface area contributed by atoms with Crippen molar-refractivity contribution in [1.29, 1.82) is 0 Å². The summed E-state index contributed by atoms with van der Waals surface area (Å²) in [6, 6.07) is 5.35. The minimum atomic E-state index is -0.591. The van der Waals surface area contributed by atoms with Gasteiger partial charge in [0.1, 0.15) is 29.4 Å². The molecule has 6 heteroatoms. The third kappa shape index (κ3) is 2.45. The molecule has 2 heterocycles. The first-order valence-corrected chi connectivity index (χ1v) is 6.11. The Morgan fingerprint density at radius 1 is 1.10 bits per heavy atom. The van der Waals surface area contributed by atoms with Crippen LogP contribution in [-0.4, -0.2) is 15.0 Å². The van der Waals surface area contributed by atoms with Gasteiger partial charge in [-0.05, 0) is 30.7 Å². The lowest BCUT2D eigenvalue weighted by atomic mass is 10.2. The van der Waals surface area contributed by atoms with Crippen molar-refractivity contribution in [2.75, 3.05) is 5.32 Å². The summed E-state index contributed by atoms with van der Waals surface area (Å²) in [7, 11) is 0. The summed E-state index contributed by atoms with van der Waals surface area (Å²) in [5, 5.41) is 3.92. The normalized spacial score (nSPS) is 10.9. The number of aryl methyl sites for hydroxylation is 1. The predicted octanol–water partition coefficient (Wildman–Crippen LogP) is 3.16. The lowest BCUT2D eigenvalue weighted by Gasteiger charge is -2.06. The summed E-state index contributed by atoms with van der Waals surface area (Å²) in [6.07, 6.45) is 1.44. The summed E-state index contributed by atoms with van der Waals surface area (Å²) in [6.45, 7) is 2.21. The molecule has 3 aromatic rings. The van der Waals surface area contributed by atoms with Gasteiger partial charge in [0.25, 0.3) is 0 Å². The van der Waals surface area contributed by atoms with Crippen molar-refractivity contribution in [2.45, 2.75) is 13.5 Å². The van der Waals surface area contributed by atoms with Gasteiger partial charge in [-0.25, -0.2) is 18.7 Å². The van der Waals surface area contributed by atoms with E-state index in [1.807, 2.05) is 13.0 Å². The second-order valence-electron chi connectivity index (χ2n) is 4.57. The van der Waals surface area contributed by atoms with Crippen LogP contribution in [0.4, 0.5) is 14.6 Å². The van der Waals surface area contributed by atoms with Crippen molar-refractivity contribution < 1.29 is 8.78 Å². The second-order valence-corrected chi connectivity index (χ2v) is 4.57. The van der Waals surface area contributed by atoms with Gasteiger partial charge in [-0.1, -0.05) is 0 Å². The van der Waals surface area contributed by atoms with Gasteiger partial charge < -0.3 is 10.3 Å². The van der Waals surface area contributed by atoms with E-state index < -0.39 is 11.6 Å². The maximum atomic E-state index is 13.1. The fraction of sp³-hybridized carbons (Fsp3) is 0.143. The number of hydrogen-bond acceptors (Lipinski definition) is 3. The zero-order valence-electron chi connectivity index (χ0n) is 10.7. The summed E-state index contributed by atoms with van der Waals surface area (Å²) in [5.41, 5.74) is 2.22. The molecule has 0 aliphatic carbocycles. The molecular weight excluding hydrogens is 262 g/mol. The highest BCUT2D eigenvalue weighted by molar-refractivity contribution is 5.87. The summed E-state index contributed by atoms with van der Waals surface area (Å²) >= 11 is 0. The van der Waals surface area contributed by atoms with E-state index in [0.29, 0.717) is 11.4 Å². The molecule has 2 N–H and O–H groups in total. The van der Waals surface area contributed by atoms with Crippen LogP contribution in [-0.2, 0) is 6.54 Å². The summed E-state index contributed by atoms with van der Waals surface area (Å²) in [4.78, 5) is 11.4. The Bertz CT molecular complexity index is 747. The van der Waals surface area contributed by atoms with Crippen LogP contribution in [0.2, 0.25) is 0 Å². The zero-order valence-corrected chi connectivity index (χ0v) is 10.7. The van der Waals surface area contributed by atoms with E-state index in [1.165, 1.54) is 18.5 Å². The van der Waals surface area contributed by atoms with Crippen molar-refractivity contribution in [3.63, 3.8) is 0 Å². The number of anilines is 1. The van der Waals surface area contributed by atoms with Crippen LogP contribution in [0.25, 0.3) is 11.0 Å². The predicted molar refractivity (Wildman–Crippen MR) is 72.3 cm³/mol. The van der Waals surface area contributed by atoms with E-state index in [2.05, 4.69) is 20.3 Å². The van der Waals surface area contributed by atoms with Gasteiger partial charge in [-0.2, -0.15) is 0 Å². The first-order chi connectivity index (χ1) is 9.61. The van der Waals surface area contributed by atoms with Crippen molar-refractivity contribution >= 4 is 16.9 Å². The average molecular weight is 274 g/mol. The van der Waals surface area contributed by atoms with Gasteiger partial charge in [-0.3, -0.25) is 0 Å². The lowest BCUT2D eigenvalue weighted by molar-refractivity contribution is 0.580. The molecule has 0 saturated carbocycles. The van der Waals surface area contributed by atoms with Crippen LogP contribution in [0.5, 0.6) is 0 Å². The van der Waals surface area contributed by atoms with E-state index in [1.54, 1.807) is 0 Å². The molecule has 0 amide bonds. The Kier molecular flexibility index (Phi) is 3.06. The minimum Gasteiger partial charge on any atom is -0.365 e. The van der Waals surface area contributed by atoms with E-state index in [4.69, 9.17) is 0 Å². The van der Waals surface area contributed by atoms with Crippen molar-refractivity contribution in [1.82, 2.24) is 15.0 Å². The Balaban J connectivity index is 1.86. The Morgan fingerprint density at radius 3 is 2.60 bits per heavy atom. The number of nitrogens with one attached hydrogen (secondary N) is 2. The molecule has 0 spiro atoms. The molecule has 0 saturated heterocycles. The van der Waals surface area contributed by atoms with Crippen molar-refractivity contribution in [3.8, 4) is 0 Å². The Labute approximate surface area is 113 Å². The molecule has 20 heavy (non-hydrogen) atoms.